The van der Waals surface area contributed by atoms with Gasteiger partial charge >= 0.3 is 0 Å². The Morgan fingerprint density at radius 3 is 2.86 bits per heavy atom. The van der Waals surface area contributed by atoms with Crippen molar-refractivity contribution in [3.8, 4) is 0 Å². The molecule has 1 unspecified atom stereocenters. The molecule has 1 saturated heterocycles. The monoisotopic (exact) mass is 290 g/mol. The minimum absolute atomic E-state index is 0.0268. The standard InChI is InChI=1S/C16H26N4O/c1-3-17-15-11-14(7-8-18-15)16(21)19-13(2)12-20-9-5-4-6-10-20/h7-8,11,13H,3-6,9-10,12H2,1-2H3,(H,17,18)(H,19,21). The Hall–Kier alpha value is -1.62. The van der Waals surface area contributed by atoms with Gasteiger partial charge in [0.1, 0.15) is 5.82 Å². The molecule has 2 N–H and O–H groups in total. The number of aromatic nitrogens is 1. The topological polar surface area (TPSA) is 57.3 Å². The number of carbonyl (C=O) groups is 1. The Kier molecular flexibility index (Phi) is 5.99. The molecule has 0 saturated carbocycles. The zero-order valence-corrected chi connectivity index (χ0v) is 13.1. The fourth-order valence-electron chi connectivity index (χ4n) is 2.73. The highest BCUT2D eigenvalue weighted by Crippen LogP contribution is 2.10. The Morgan fingerprint density at radius 1 is 1.38 bits per heavy atom. The summed E-state index contributed by atoms with van der Waals surface area (Å²) in [5.74, 6) is 0.717. The molecule has 5 nitrogen and oxygen atoms in total. The van der Waals surface area contributed by atoms with Crippen LogP contribution in [0.25, 0.3) is 0 Å². The smallest absolute Gasteiger partial charge is 0.251 e. The molecule has 0 aromatic carbocycles. The second kappa shape index (κ2) is 7.98. The van der Waals surface area contributed by atoms with Gasteiger partial charge in [-0.3, -0.25) is 4.79 Å². The van der Waals surface area contributed by atoms with E-state index in [4.69, 9.17) is 0 Å². The molecule has 1 aromatic rings. The van der Waals surface area contributed by atoms with Gasteiger partial charge in [0.05, 0.1) is 0 Å². The molecule has 1 amide bonds. The van der Waals surface area contributed by atoms with E-state index in [0.29, 0.717) is 5.56 Å². The highest BCUT2D eigenvalue weighted by atomic mass is 16.1. The first-order chi connectivity index (χ1) is 10.2. The molecule has 1 aliphatic rings. The number of pyridine rings is 1. The van der Waals surface area contributed by atoms with Crippen molar-refractivity contribution in [1.29, 1.82) is 0 Å². The maximum Gasteiger partial charge on any atom is 0.251 e. The van der Waals surface area contributed by atoms with E-state index in [2.05, 4.69) is 27.4 Å². The number of piperidine rings is 1. The van der Waals surface area contributed by atoms with E-state index in [9.17, 15) is 4.79 Å². The lowest BCUT2D eigenvalue weighted by atomic mass is 10.1. The molecule has 2 rings (SSSR count). The first kappa shape index (κ1) is 15.8. The van der Waals surface area contributed by atoms with Crippen molar-refractivity contribution in [3.05, 3.63) is 23.9 Å². The summed E-state index contributed by atoms with van der Waals surface area (Å²) in [7, 11) is 0. The summed E-state index contributed by atoms with van der Waals surface area (Å²) >= 11 is 0. The molecule has 1 fully saturated rings. The number of hydrogen-bond acceptors (Lipinski definition) is 4. The number of amides is 1. The molecular formula is C16H26N4O. The van der Waals surface area contributed by atoms with E-state index >= 15 is 0 Å². The molecule has 0 bridgehead atoms. The number of rotatable bonds is 6. The first-order valence-corrected chi connectivity index (χ1v) is 7.92. The van der Waals surface area contributed by atoms with Gasteiger partial charge < -0.3 is 15.5 Å². The van der Waals surface area contributed by atoms with Crippen molar-refractivity contribution in [2.24, 2.45) is 0 Å². The van der Waals surface area contributed by atoms with Crippen molar-refractivity contribution in [2.75, 3.05) is 31.5 Å². The number of likely N-dealkylation sites (tertiary alicyclic amines) is 1. The van der Waals surface area contributed by atoms with E-state index < -0.39 is 0 Å². The number of carbonyl (C=O) groups excluding carboxylic acids is 1. The van der Waals surface area contributed by atoms with Gasteiger partial charge in [-0.2, -0.15) is 0 Å². The van der Waals surface area contributed by atoms with Gasteiger partial charge in [0.25, 0.3) is 5.91 Å². The van der Waals surface area contributed by atoms with Crippen LogP contribution in [0.3, 0.4) is 0 Å². The van der Waals surface area contributed by atoms with E-state index in [1.54, 1.807) is 18.3 Å². The lowest BCUT2D eigenvalue weighted by Crippen LogP contribution is -2.43. The van der Waals surface area contributed by atoms with Crippen LogP contribution in [0.15, 0.2) is 18.3 Å². The maximum atomic E-state index is 12.3. The Labute approximate surface area is 127 Å². The minimum atomic E-state index is -0.0268. The molecule has 0 aliphatic carbocycles. The van der Waals surface area contributed by atoms with E-state index in [0.717, 1.165) is 32.0 Å². The van der Waals surface area contributed by atoms with E-state index in [1.807, 2.05) is 6.92 Å². The maximum absolute atomic E-state index is 12.3. The third kappa shape index (κ3) is 5.01. The second-order valence-electron chi connectivity index (χ2n) is 5.70. The van der Waals surface area contributed by atoms with E-state index in [-0.39, 0.29) is 11.9 Å². The van der Waals surface area contributed by atoms with Gasteiger partial charge in [0.2, 0.25) is 0 Å². The van der Waals surface area contributed by atoms with E-state index in [1.165, 1.54) is 19.3 Å². The summed E-state index contributed by atoms with van der Waals surface area (Å²) in [5, 5.41) is 6.20. The van der Waals surface area contributed by atoms with Gasteiger partial charge in [0, 0.05) is 30.9 Å². The van der Waals surface area contributed by atoms with Gasteiger partial charge in [-0.05, 0) is 51.9 Å². The molecule has 2 heterocycles. The summed E-state index contributed by atoms with van der Waals surface area (Å²) in [6.07, 6.45) is 5.55. The molecule has 116 valence electrons. The van der Waals surface area contributed by atoms with Crippen LogP contribution in [-0.2, 0) is 0 Å². The first-order valence-electron chi connectivity index (χ1n) is 7.92. The van der Waals surface area contributed by atoms with Crippen LogP contribution in [0.5, 0.6) is 0 Å². The molecule has 0 spiro atoms. The highest BCUT2D eigenvalue weighted by Gasteiger charge is 2.15. The SMILES string of the molecule is CCNc1cc(C(=O)NC(C)CN2CCCCC2)ccn1. The summed E-state index contributed by atoms with van der Waals surface area (Å²) in [6, 6.07) is 3.71. The number of hydrogen-bond donors (Lipinski definition) is 2. The van der Waals surface area contributed by atoms with Crippen LogP contribution < -0.4 is 10.6 Å². The van der Waals surface area contributed by atoms with Crippen molar-refractivity contribution in [2.45, 2.75) is 39.2 Å². The van der Waals surface area contributed by atoms with Gasteiger partial charge in [0.15, 0.2) is 0 Å². The highest BCUT2D eigenvalue weighted by molar-refractivity contribution is 5.94. The minimum Gasteiger partial charge on any atom is -0.370 e. The fourth-order valence-corrected chi connectivity index (χ4v) is 2.73. The number of nitrogens with zero attached hydrogens (tertiary/aromatic N) is 2. The molecule has 5 heteroatoms. The normalized spacial score (nSPS) is 17.2. The zero-order valence-electron chi connectivity index (χ0n) is 13.1. The summed E-state index contributed by atoms with van der Waals surface area (Å²) in [5.41, 5.74) is 0.659. The van der Waals surface area contributed by atoms with Gasteiger partial charge in [-0.25, -0.2) is 4.98 Å². The molecule has 21 heavy (non-hydrogen) atoms. The van der Waals surface area contributed by atoms with Crippen molar-refractivity contribution in [3.63, 3.8) is 0 Å². The third-order valence-corrected chi connectivity index (χ3v) is 3.74. The Morgan fingerprint density at radius 2 is 2.14 bits per heavy atom. The summed E-state index contributed by atoms with van der Waals surface area (Å²) < 4.78 is 0. The predicted octanol–water partition coefficient (Wildman–Crippen LogP) is 2.12. The van der Waals surface area contributed by atoms with Gasteiger partial charge in [-0.15, -0.1) is 0 Å². The van der Waals surface area contributed by atoms with Crippen molar-refractivity contribution in [1.82, 2.24) is 15.2 Å². The predicted molar refractivity (Wildman–Crippen MR) is 85.6 cm³/mol. The lowest BCUT2D eigenvalue weighted by Gasteiger charge is -2.29. The van der Waals surface area contributed by atoms with Gasteiger partial charge in [-0.1, -0.05) is 6.42 Å². The largest absolute Gasteiger partial charge is 0.370 e. The lowest BCUT2D eigenvalue weighted by molar-refractivity contribution is 0.0925. The van der Waals surface area contributed by atoms with Crippen LogP contribution in [0.2, 0.25) is 0 Å². The van der Waals surface area contributed by atoms with Crippen LogP contribution >= 0.6 is 0 Å². The van der Waals surface area contributed by atoms with Crippen LogP contribution in [-0.4, -0.2) is 48.0 Å². The molecule has 0 radical (unpaired) electrons. The van der Waals surface area contributed by atoms with Crippen LogP contribution in [0.1, 0.15) is 43.5 Å². The van der Waals surface area contributed by atoms with Crippen molar-refractivity contribution >= 4 is 11.7 Å². The summed E-state index contributed by atoms with van der Waals surface area (Å²) in [6.45, 7) is 8.11. The quantitative estimate of drug-likeness (QED) is 0.842. The Bertz CT molecular complexity index is 457. The molecule has 1 aromatic heterocycles. The second-order valence-corrected chi connectivity index (χ2v) is 5.70. The Balaban J connectivity index is 1.86. The average Bonchev–Trinajstić information content (AvgIpc) is 2.48. The molecule has 1 aliphatic heterocycles. The third-order valence-electron chi connectivity index (χ3n) is 3.74. The van der Waals surface area contributed by atoms with Crippen LogP contribution in [0, 0.1) is 0 Å². The summed E-state index contributed by atoms with van der Waals surface area (Å²) in [4.78, 5) is 18.9. The van der Waals surface area contributed by atoms with Crippen LogP contribution in [0.4, 0.5) is 5.82 Å². The molecular weight excluding hydrogens is 264 g/mol. The fraction of sp³-hybridized carbons (Fsp3) is 0.625. The van der Waals surface area contributed by atoms with Crippen molar-refractivity contribution < 1.29 is 4.79 Å². The number of nitrogens with one attached hydrogen (secondary N) is 2. The number of anilines is 1. The molecule has 1 atom stereocenters. The zero-order chi connectivity index (χ0) is 15.1. The average molecular weight is 290 g/mol.